The Hall–Kier alpha value is -1.45. The number of Topliss-reactive ketones (excluding diaryl/α,β-unsaturated/α-hetero) is 1. The van der Waals surface area contributed by atoms with Crippen molar-refractivity contribution < 1.29 is 9.90 Å². The van der Waals surface area contributed by atoms with Crippen molar-refractivity contribution in [3.8, 4) is 0 Å². The van der Waals surface area contributed by atoms with E-state index in [-0.39, 0.29) is 12.4 Å². The van der Waals surface area contributed by atoms with Crippen LogP contribution in [0.5, 0.6) is 0 Å². The fourth-order valence-corrected chi connectivity index (χ4v) is 4.02. The summed E-state index contributed by atoms with van der Waals surface area (Å²) >= 11 is 1.64. The second-order valence-corrected chi connectivity index (χ2v) is 7.73. The number of carbonyl (C=O) groups excluding carboxylic acids is 1. The molecule has 2 aromatic rings. The van der Waals surface area contributed by atoms with Gasteiger partial charge in [-0.2, -0.15) is 0 Å². The number of aliphatic hydroxyl groups excluding tert-OH is 1. The van der Waals surface area contributed by atoms with Crippen LogP contribution in [-0.4, -0.2) is 17.5 Å². The molecule has 0 aliphatic carbocycles. The number of carbonyl (C=O) groups is 1. The van der Waals surface area contributed by atoms with E-state index in [0.29, 0.717) is 6.42 Å². The molecule has 0 bridgehead atoms. The summed E-state index contributed by atoms with van der Waals surface area (Å²) in [6.07, 6.45) is 5.25. The quantitative estimate of drug-likeness (QED) is 0.502. The first-order chi connectivity index (χ1) is 11.5. The van der Waals surface area contributed by atoms with Gasteiger partial charge in [-0.1, -0.05) is 18.2 Å². The zero-order chi connectivity index (χ0) is 17.5. The molecule has 3 heteroatoms. The average molecular weight is 345 g/mol. The Morgan fingerprint density at radius 2 is 1.75 bits per heavy atom. The Bertz CT molecular complexity index is 685. The third-order valence-electron chi connectivity index (χ3n) is 4.55. The summed E-state index contributed by atoms with van der Waals surface area (Å²) in [5, 5.41) is 8.88. The van der Waals surface area contributed by atoms with Gasteiger partial charge in [-0.25, -0.2) is 0 Å². The van der Waals surface area contributed by atoms with E-state index in [1.54, 1.807) is 11.3 Å². The maximum absolute atomic E-state index is 12.4. The van der Waals surface area contributed by atoms with E-state index in [1.165, 1.54) is 27.1 Å². The maximum Gasteiger partial charge on any atom is 0.172 e. The molecule has 0 fully saturated rings. The van der Waals surface area contributed by atoms with Crippen LogP contribution >= 0.6 is 11.3 Å². The highest BCUT2D eigenvalue weighted by atomic mass is 32.1. The summed E-state index contributed by atoms with van der Waals surface area (Å²) in [6.45, 7) is 6.59. The predicted octanol–water partition coefficient (Wildman–Crippen LogP) is 5.19. The molecule has 2 nitrogen and oxygen atoms in total. The molecular weight excluding hydrogens is 316 g/mol. The third-order valence-corrected chi connectivity index (χ3v) is 5.89. The van der Waals surface area contributed by atoms with Crippen LogP contribution in [0.3, 0.4) is 0 Å². The lowest BCUT2D eigenvalue weighted by molar-refractivity contribution is 0.0984. The zero-order valence-electron chi connectivity index (χ0n) is 15.0. The van der Waals surface area contributed by atoms with Gasteiger partial charge in [-0.15, -0.1) is 11.3 Å². The summed E-state index contributed by atoms with van der Waals surface area (Å²) in [7, 11) is 0. The number of hydrogen-bond donors (Lipinski definition) is 1. The Labute approximate surface area is 149 Å². The van der Waals surface area contributed by atoms with E-state index in [2.05, 4.69) is 39.0 Å². The standard InChI is InChI=1S/C21H28O2S/c1-15-10-11-18(13-16(15)2)7-6-8-19(23)21-14-17(3)20(24-21)9-4-5-12-22/h10-11,13-14,22H,4-9,12H2,1-3H3. The van der Waals surface area contributed by atoms with Crippen LogP contribution in [0.25, 0.3) is 0 Å². The van der Waals surface area contributed by atoms with Crippen molar-refractivity contribution in [2.45, 2.75) is 59.3 Å². The summed E-state index contributed by atoms with van der Waals surface area (Å²) in [5.41, 5.74) is 5.17. The zero-order valence-corrected chi connectivity index (χ0v) is 15.8. The molecule has 0 unspecified atom stereocenters. The van der Waals surface area contributed by atoms with Crippen molar-refractivity contribution in [2.75, 3.05) is 6.61 Å². The molecule has 2 rings (SSSR count). The Kier molecular flexibility index (Phi) is 7.19. The van der Waals surface area contributed by atoms with Crippen LogP contribution in [0.2, 0.25) is 0 Å². The Morgan fingerprint density at radius 3 is 2.46 bits per heavy atom. The first-order valence-electron chi connectivity index (χ1n) is 8.80. The van der Waals surface area contributed by atoms with Crippen LogP contribution in [0, 0.1) is 20.8 Å². The molecule has 0 spiro atoms. The van der Waals surface area contributed by atoms with Crippen molar-refractivity contribution in [3.05, 3.63) is 56.3 Å². The number of aliphatic hydroxyl groups is 1. The summed E-state index contributed by atoms with van der Waals surface area (Å²) < 4.78 is 0. The molecule has 1 N–H and O–H groups in total. The molecule has 0 saturated carbocycles. The number of rotatable bonds is 9. The smallest absolute Gasteiger partial charge is 0.172 e. The van der Waals surface area contributed by atoms with Gasteiger partial charge < -0.3 is 5.11 Å². The largest absolute Gasteiger partial charge is 0.396 e. The SMILES string of the molecule is Cc1ccc(CCCC(=O)c2cc(C)c(CCCCO)s2)cc1C. The number of unbranched alkanes of at least 4 members (excludes halogenated alkanes) is 1. The van der Waals surface area contributed by atoms with Gasteiger partial charge >= 0.3 is 0 Å². The molecule has 0 amide bonds. The maximum atomic E-state index is 12.4. The van der Waals surface area contributed by atoms with Gasteiger partial charge in [0.2, 0.25) is 0 Å². The van der Waals surface area contributed by atoms with E-state index in [9.17, 15) is 4.79 Å². The molecule has 1 aromatic carbocycles. The van der Waals surface area contributed by atoms with E-state index in [4.69, 9.17) is 5.11 Å². The van der Waals surface area contributed by atoms with Gasteiger partial charge in [-0.05, 0) is 81.2 Å². The summed E-state index contributed by atoms with van der Waals surface area (Å²) in [4.78, 5) is 14.6. The van der Waals surface area contributed by atoms with Crippen molar-refractivity contribution in [1.82, 2.24) is 0 Å². The highest BCUT2D eigenvalue weighted by Gasteiger charge is 2.12. The first kappa shape index (κ1) is 18.9. The Balaban J connectivity index is 1.85. The van der Waals surface area contributed by atoms with Crippen molar-refractivity contribution in [1.29, 1.82) is 0 Å². The summed E-state index contributed by atoms with van der Waals surface area (Å²) in [6, 6.07) is 8.60. The highest BCUT2D eigenvalue weighted by molar-refractivity contribution is 7.14. The van der Waals surface area contributed by atoms with Gasteiger partial charge in [0.15, 0.2) is 5.78 Å². The van der Waals surface area contributed by atoms with Crippen LogP contribution in [0.15, 0.2) is 24.3 Å². The normalized spacial score (nSPS) is 11.0. The number of ketones is 1. The highest BCUT2D eigenvalue weighted by Crippen LogP contribution is 2.25. The monoisotopic (exact) mass is 344 g/mol. The number of thiophene rings is 1. The minimum Gasteiger partial charge on any atom is -0.396 e. The van der Waals surface area contributed by atoms with Gasteiger partial charge in [0.25, 0.3) is 0 Å². The van der Waals surface area contributed by atoms with Crippen LogP contribution < -0.4 is 0 Å². The van der Waals surface area contributed by atoms with E-state index in [0.717, 1.165) is 37.0 Å². The second kappa shape index (κ2) is 9.14. The Morgan fingerprint density at radius 1 is 0.958 bits per heavy atom. The first-order valence-corrected chi connectivity index (χ1v) is 9.62. The third kappa shape index (κ3) is 5.29. The van der Waals surface area contributed by atoms with Crippen LogP contribution in [0.1, 0.15) is 62.5 Å². The molecule has 0 saturated heterocycles. The van der Waals surface area contributed by atoms with Crippen LogP contribution in [0.4, 0.5) is 0 Å². The molecule has 1 heterocycles. The topological polar surface area (TPSA) is 37.3 Å². The summed E-state index contributed by atoms with van der Waals surface area (Å²) in [5.74, 6) is 0.264. The fraction of sp³-hybridized carbons (Fsp3) is 0.476. The van der Waals surface area contributed by atoms with Gasteiger partial charge in [0.05, 0.1) is 4.88 Å². The molecule has 0 radical (unpaired) electrons. The number of benzene rings is 1. The second-order valence-electron chi connectivity index (χ2n) is 6.59. The molecule has 1 aromatic heterocycles. The minimum absolute atomic E-state index is 0.245. The van der Waals surface area contributed by atoms with Crippen molar-refractivity contribution in [2.24, 2.45) is 0 Å². The molecule has 0 atom stereocenters. The van der Waals surface area contributed by atoms with Crippen LogP contribution in [-0.2, 0) is 12.8 Å². The lowest BCUT2D eigenvalue weighted by atomic mass is 10.0. The average Bonchev–Trinajstić information content (AvgIpc) is 2.92. The van der Waals surface area contributed by atoms with Gasteiger partial charge in [0.1, 0.15) is 0 Å². The lowest BCUT2D eigenvalue weighted by Crippen LogP contribution is -1.97. The molecule has 0 aliphatic heterocycles. The number of hydrogen-bond acceptors (Lipinski definition) is 3. The van der Waals surface area contributed by atoms with E-state index >= 15 is 0 Å². The van der Waals surface area contributed by atoms with Crippen molar-refractivity contribution >= 4 is 17.1 Å². The van der Waals surface area contributed by atoms with Gasteiger partial charge in [-0.3, -0.25) is 4.79 Å². The molecule has 24 heavy (non-hydrogen) atoms. The number of aryl methyl sites for hydroxylation is 5. The fourth-order valence-electron chi connectivity index (χ4n) is 2.84. The lowest BCUT2D eigenvalue weighted by Gasteiger charge is -2.05. The predicted molar refractivity (Wildman–Crippen MR) is 102 cm³/mol. The molecule has 0 aliphatic rings. The molecule has 130 valence electrons. The van der Waals surface area contributed by atoms with Crippen molar-refractivity contribution in [3.63, 3.8) is 0 Å². The van der Waals surface area contributed by atoms with E-state index < -0.39 is 0 Å². The minimum atomic E-state index is 0.245. The van der Waals surface area contributed by atoms with E-state index in [1.807, 2.05) is 6.07 Å². The molecular formula is C21H28O2S. The van der Waals surface area contributed by atoms with Gasteiger partial charge in [0, 0.05) is 17.9 Å².